The van der Waals surface area contributed by atoms with Crippen LogP contribution in [0.1, 0.15) is 44.9 Å². The average molecular weight is 546 g/mol. The summed E-state index contributed by atoms with van der Waals surface area (Å²) < 4.78 is 45.7. The van der Waals surface area contributed by atoms with Gasteiger partial charge >= 0.3 is 12.1 Å². The Labute approximate surface area is 225 Å². The molecule has 1 atom stereocenters. The van der Waals surface area contributed by atoms with Crippen LogP contribution in [0.2, 0.25) is 0 Å². The van der Waals surface area contributed by atoms with Crippen molar-refractivity contribution in [2.75, 3.05) is 7.11 Å². The highest BCUT2D eigenvalue weighted by molar-refractivity contribution is 6.14. The predicted octanol–water partition coefficient (Wildman–Crippen LogP) is 5.84. The quantitative estimate of drug-likeness (QED) is 0.222. The van der Waals surface area contributed by atoms with Gasteiger partial charge in [0.1, 0.15) is 0 Å². The van der Waals surface area contributed by atoms with Crippen molar-refractivity contribution in [2.45, 2.75) is 19.1 Å². The van der Waals surface area contributed by atoms with E-state index in [1.807, 2.05) is 6.07 Å². The van der Waals surface area contributed by atoms with Crippen molar-refractivity contribution in [1.82, 2.24) is 14.9 Å². The van der Waals surface area contributed by atoms with E-state index >= 15 is 0 Å². The van der Waals surface area contributed by atoms with Gasteiger partial charge in [0.15, 0.2) is 0 Å². The number of halogens is 3. The number of amides is 1. The first kappa shape index (κ1) is 26.6. The second kappa shape index (κ2) is 10.3. The summed E-state index contributed by atoms with van der Waals surface area (Å²) in [6.45, 7) is 1.79. The molecule has 0 spiro atoms. The minimum Gasteiger partial charge on any atom is -0.465 e. The Morgan fingerprint density at radius 2 is 1.70 bits per heavy atom. The number of methoxy groups -OCH3 is 1. The van der Waals surface area contributed by atoms with Crippen LogP contribution in [0.3, 0.4) is 0 Å². The van der Waals surface area contributed by atoms with Crippen LogP contribution in [0, 0.1) is 0 Å². The van der Waals surface area contributed by atoms with Gasteiger partial charge in [0, 0.05) is 22.8 Å². The minimum absolute atomic E-state index is 0.00816. The Morgan fingerprint density at radius 3 is 2.35 bits per heavy atom. The SMILES string of the molecule is COC(=O)c1cccc2c1c(=O)n(-c1ccc(C(F)(F)F)cc1)c1ccc(C(=O)N[C@@H](C)c3ccccn3)cc21. The Bertz CT molecular complexity index is 1820. The molecule has 40 heavy (non-hydrogen) atoms. The zero-order valence-electron chi connectivity index (χ0n) is 21.3. The summed E-state index contributed by atoms with van der Waals surface area (Å²) in [6.07, 6.45) is -2.93. The molecule has 0 aliphatic carbocycles. The summed E-state index contributed by atoms with van der Waals surface area (Å²) in [7, 11) is 1.18. The first-order chi connectivity index (χ1) is 19.1. The number of esters is 1. The molecule has 10 heteroatoms. The first-order valence-electron chi connectivity index (χ1n) is 12.2. The molecule has 0 radical (unpaired) electrons. The number of benzene rings is 3. The molecule has 0 saturated heterocycles. The number of carbonyl (C=O) groups excluding carboxylic acids is 2. The van der Waals surface area contributed by atoms with Crippen LogP contribution in [0.25, 0.3) is 27.4 Å². The number of rotatable bonds is 5. The van der Waals surface area contributed by atoms with Gasteiger partial charge in [0.2, 0.25) is 0 Å². The fourth-order valence-corrected chi connectivity index (χ4v) is 4.64. The molecular weight excluding hydrogens is 523 g/mol. The first-order valence-corrected chi connectivity index (χ1v) is 12.2. The van der Waals surface area contributed by atoms with Gasteiger partial charge in [0.05, 0.1) is 40.9 Å². The number of fused-ring (bicyclic) bond motifs is 3. The highest BCUT2D eigenvalue weighted by Crippen LogP contribution is 2.32. The predicted molar refractivity (Wildman–Crippen MR) is 144 cm³/mol. The third-order valence-electron chi connectivity index (χ3n) is 6.61. The van der Waals surface area contributed by atoms with Crippen molar-refractivity contribution in [2.24, 2.45) is 0 Å². The number of pyridine rings is 2. The summed E-state index contributed by atoms with van der Waals surface area (Å²) in [6, 6.07) is 18.4. The second-order valence-electron chi connectivity index (χ2n) is 9.09. The minimum atomic E-state index is -4.55. The van der Waals surface area contributed by atoms with Gasteiger partial charge in [-0.2, -0.15) is 13.2 Å². The van der Waals surface area contributed by atoms with Gasteiger partial charge in [-0.25, -0.2) is 4.79 Å². The Kier molecular flexibility index (Phi) is 6.85. The van der Waals surface area contributed by atoms with Crippen molar-refractivity contribution in [3.63, 3.8) is 0 Å². The van der Waals surface area contributed by atoms with Gasteiger partial charge in [-0.05, 0) is 73.0 Å². The monoisotopic (exact) mass is 545 g/mol. The highest BCUT2D eigenvalue weighted by Gasteiger charge is 2.30. The molecule has 0 bridgehead atoms. The van der Waals surface area contributed by atoms with E-state index in [0.717, 1.165) is 12.1 Å². The van der Waals surface area contributed by atoms with Crippen LogP contribution < -0.4 is 10.9 Å². The van der Waals surface area contributed by atoms with Gasteiger partial charge < -0.3 is 10.1 Å². The van der Waals surface area contributed by atoms with E-state index in [1.54, 1.807) is 49.5 Å². The number of aromatic nitrogens is 2. The normalized spacial score (nSPS) is 12.3. The molecular formula is C30H22F3N3O4. The zero-order chi connectivity index (χ0) is 28.6. The molecule has 0 saturated carbocycles. The van der Waals surface area contributed by atoms with E-state index in [1.165, 1.54) is 35.9 Å². The van der Waals surface area contributed by atoms with E-state index < -0.39 is 35.2 Å². The molecule has 3 aromatic carbocycles. The lowest BCUT2D eigenvalue weighted by Crippen LogP contribution is -2.27. The molecule has 202 valence electrons. The van der Waals surface area contributed by atoms with Crippen LogP contribution in [-0.4, -0.2) is 28.5 Å². The molecule has 2 aromatic heterocycles. The molecule has 7 nitrogen and oxygen atoms in total. The van der Waals surface area contributed by atoms with Crippen molar-refractivity contribution < 1.29 is 27.5 Å². The van der Waals surface area contributed by atoms with Crippen LogP contribution >= 0.6 is 0 Å². The van der Waals surface area contributed by atoms with E-state index in [2.05, 4.69) is 10.3 Å². The summed E-state index contributed by atoms with van der Waals surface area (Å²) in [5.74, 6) is -1.15. The molecule has 0 fully saturated rings. The Morgan fingerprint density at radius 1 is 0.950 bits per heavy atom. The topological polar surface area (TPSA) is 90.3 Å². The third-order valence-corrected chi connectivity index (χ3v) is 6.61. The largest absolute Gasteiger partial charge is 0.465 e. The van der Waals surface area contributed by atoms with E-state index in [9.17, 15) is 27.6 Å². The summed E-state index contributed by atoms with van der Waals surface area (Å²) >= 11 is 0. The Balaban J connectivity index is 1.72. The number of nitrogens with zero attached hydrogens (tertiary/aromatic N) is 2. The summed E-state index contributed by atoms with van der Waals surface area (Å²) in [4.78, 5) is 43.9. The molecule has 5 rings (SSSR count). The highest BCUT2D eigenvalue weighted by atomic mass is 19.4. The van der Waals surface area contributed by atoms with E-state index in [0.29, 0.717) is 22.0 Å². The average Bonchev–Trinajstić information content (AvgIpc) is 2.96. The van der Waals surface area contributed by atoms with Crippen molar-refractivity contribution in [1.29, 1.82) is 0 Å². The number of ether oxygens (including phenoxy) is 1. The van der Waals surface area contributed by atoms with Gasteiger partial charge in [0.25, 0.3) is 11.5 Å². The zero-order valence-corrected chi connectivity index (χ0v) is 21.3. The lowest BCUT2D eigenvalue weighted by molar-refractivity contribution is -0.137. The van der Waals surface area contributed by atoms with Crippen molar-refractivity contribution in [3.8, 4) is 5.69 Å². The fourth-order valence-electron chi connectivity index (χ4n) is 4.64. The molecule has 1 amide bonds. The number of hydrogen-bond acceptors (Lipinski definition) is 5. The number of hydrogen-bond donors (Lipinski definition) is 1. The molecule has 1 N–H and O–H groups in total. The van der Waals surface area contributed by atoms with E-state index in [4.69, 9.17) is 4.74 Å². The molecule has 5 aromatic rings. The molecule has 0 aliphatic rings. The van der Waals surface area contributed by atoms with Crippen LogP contribution in [0.5, 0.6) is 0 Å². The van der Waals surface area contributed by atoms with Gasteiger partial charge in [-0.15, -0.1) is 0 Å². The van der Waals surface area contributed by atoms with E-state index in [-0.39, 0.29) is 22.2 Å². The second-order valence-corrected chi connectivity index (χ2v) is 9.09. The number of carbonyl (C=O) groups is 2. The summed E-state index contributed by atoms with van der Waals surface area (Å²) in [5.41, 5.74) is -0.0567. The van der Waals surface area contributed by atoms with Crippen LogP contribution in [-0.2, 0) is 10.9 Å². The smallest absolute Gasteiger partial charge is 0.416 e. The maximum Gasteiger partial charge on any atom is 0.416 e. The maximum atomic E-state index is 13.8. The van der Waals surface area contributed by atoms with Crippen LogP contribution in [0.4, 0.5) is 13.2 Å². The van der Waals surface area contributed by atoms with Gasteiger partial charge in [-0.1, -0.05) is 18.2 Å². The number of nitrogens with one attached hydrogen (secondary N) is 1. The fraction of sp³-hybridized carbons (Fsp3) is 0.133. The lowest BCUT2D eigenvalue weighted by Gasteiger charge is -2.17. The number of alkyl halides is 3. The van der Waals surface area contributed by atoms with Crippen molar-refractivity contribution in [3.05, 3.63) is 118 Å². The molecule has 2 heterocycles. The lowest BCUT2D eigenvalue weighted by atomic mass is 9.99. The maximum absolute atomic E-state index is 13.8. The van der Waals surface area contributed by atoms with Crippen molar-refractivity contribution >= 4 is 33.6 Å². The summed E-state index contributed by atoms with van der Waals surface area (Å²) in [5, 5.41) is 3.74. The Hall–Kier alpha value is -4.99. The standard InChI is InChI=1S/C30H22F3N3O4/c1-17(24-8-3-4-15-34-24)35-27(37)18-9-14-25-23(16-18)21-6-5-7-22(29(39)40-2)26(21)28(38)36(25)20-12-10-19(11-13-20)30(31,32)33/h3-17H,1-2H3,(H,35,37)/t17-/m0/s1. The molecule has 0 aliphatic heterocycles. The molecule has 0 unspecified atom stereocenters. The van der Waals surface area contributed by atoms with Crippen LogP contribution in [0.15, 0.2) is 89.9 Å². The van der Waals surface area contributed by atoms with Gasteiger partial charge in [-0.3, -0.25) is 19.1 Å². The third kappa shape index (κ3) is 4.79.